The quantitative estimate of drug-likeness (QED) is 0.740. The highest BCUT2D eigenvalue weighted by molar-refractivity contribution is 5.94. The van der Waals surface area contributed by atoms with E-state index in [0.29, 0.717) is 25.3 Å². The van der Waals surface area contributed by atoms with Gasteiger partial charge in [-0.25, -0.2) is 4.68 Å². The molecule has 0 saturated carbocycles. The molecular weight excluding hydrogens is 314 g/mol. The lowest BCUT2D eigenvalue weighted by Crippen LogP contribution is -2.42. The summed E-state index contributed by atoms with van der Waals surface area (Å²) in [6.45, 7) is 1.74. The molecule has 1 saturated heterocycles. The van der Waals surface area contributed by atoms with Gasteiger partial charge in [0, 0.05) is 24.5 Å². The van der Waals surface area contributed by atoms with Crippen LogP contribution in [0.5, 0.6) is 0 Å². The lowest BCUT2D eigenvalue weighted by atomic mass is 10.1. The van der Waals surface area contributed by atoms with Crippen molar-refractivity contribution in [3.63, 3.8) is 0 Å². The molecule has 25 heavy (non-hydrogen) atoms. The lowest BCUT2D eigenvalue weighted by Gasteiger charge is -2.33. The van der Waals surface area contributed by atoms with Gasteiger partial charge in [-0.1, -0.05) is 30.3 Å². The van der Waals surface area contributed by atoms with Crippen LogP contribution in [-0.4, -0.2) is 40.3 Å². The Morgan fingerprint density at radius 1 is 1.04 bits per heavy atom. The van der Waals surface area contributed by atoms with Gasteiger partial charge >= 0.3 is 0 Å². The molecule has 126 valence electrons. The van der Waals surface area contributed by atoms with Gasteiger partial charge in [-0.15, -0.1) is 0 Å². The van der Waals surface area contributed by atoms with Crippen molar-refractivity contribution in [2.45, 2.75) is 6.10 Å². The van der Waals surface area contributed by atoms with Gasteiger partial charge < -0.3 is 9.64 Å². The summed E-state index contributed by atoms with van der Waals surface area (Å²) in [5.74, 6) is 0.0382. The molecule has 5 nitrogen and oxygen atoms in total. The Morgan fingerprint density at radius 2 is 1.84 bits per heavy atom. The van der Waals surface area contributed by atoms with Crippen molar-refractivity contribution in [1.82, 2.24) is 14.7 Å². The third-order valence-corrected chi connectivity index (χ3v) is 4.41. The molecule has 4 rings (SSSR count). The smallest absolute Gasteiger partial charge is 0.254 e. The molecule has 2 heterocycles. The molecule has 0 unspecified atom stereocenters. The fraction of sp³-hybridized carbons (Fsp3) is 0.200. The average molecular weight is 333 g/mol. The lowest BCUT2D eigenvalue weighted by molar-refractivity contribution is -0.0228. The summed E-state index contributed by atoms with van der Waals surface area (Å²) >= 11 is 0. The summed E-state index contributed by atoms with van der Waals surface area (Å²) in [6.07, 6.45) is 3.54. The van der Waals surface area contributed by atoms with E-state index in [0.717, 1.165) is 11.3 Å². The van der Waals surface area contributed by atoms with E-state index in [1.54, 1.807) is 10.9 Å². The molecule has 1 atom stereocenters. The van der Waals surface area contributed by atoms with E-state index in [1.165, 1.54) is 0 Å². The van der Waals surface area contributed by atoms with Crippen molar-refractivity contribution in [3.8, 4) is 5.69 Å². The van der Waals surface area contributed by atoms with E-state index >= 15 is 0 Å². The van der Waals surface area contributed by atoms with Crippen molar-refractivity contribution in [1.29, 1.82) is 0 Å². The van der Waals surface area contributed by atoms with Gasteiger partial charge in [0.1, 0.15) is 6.10 Å². The molecular formula is C20H19N3O2. The number of amides is 1. The minimum absolute atomic E-state index is 0.0382. The first-order valence-electron chi connectivity index (χ1n) is 8.37. The summed E-state index contributed by atoms with van der Waals surface area (Å²) in [7, 11) is 0. The summed E-state index contributed by atoms with van der Waals surface area (Å²) in [5.41, 5.74) is 2.73. The predicted molar refractivity (Wildman–Crippen MR) is 94.6 cm³/mol. The zero-order chi connectivity index (χ0) is 17.1. The zero-order valence-electron chi connectivity index (χ0n) is 13.8. The maximum Gasteiger partial charge on any atom is 0.254 e. The number of carbonyl (C=O) groups is 1. The number of hydrogen-bond acceptors (Lipinski definition) is 3. The minimum Gasteiger partial charge on any atom is -0.370 e. The normalized spacial score (nSPS) is 17.4. The average Bonchev–Trinajstić information content (AvgIpc) is 3.23. The van der Waals surface area contributed by atoms with Crippen molar-refractivity contribution < 1.29 is 9.53 Å². The standard InChI is InChI=1S/C20H19N3O2/c24-20(17-7-9-18(10-8-17)23-12-4-11-21-23)22-13-14-25-19(15-22)16-5-2-1-3-6-16/h1-12,19H,13-15H2/t19-/m1/s1. The molecule has 0 radical (unpaired) electrons. The molecule has 0 bridgehead atoms. The summed E-state index contributed by atoms with van der Waals surface area (Å²) in [4.78, 5) is 14.7. The van der Waals surface area contributed by atoms with Gasteiger partial charge in [0.05, 0.1) is 18.8 Å². The molecule has 1 fully saturated rings. The summed E-state index contributed by atoms with van der Waals surface area (Å²) in [6, 6.07) is 19.5. The maximum absolute atomic E-state index is 12.8. The number of aromatic nitrogens is 2. The molecule has 1 aliphatic rings. The van der Waals surface area contributed by atoms with Crippen LogP contribution in [0.1, 0.15) is 22.0 Å². The van der Waals surface area contributed by atoms with Gasteiger partial charge in [-0.05, 0) is 35.9 Å². The second kappa shape index (κ2) is 6.91. The number of rotatable bonds is 3. The SMILES string of the molecule is O=C(c1ccc(-n2cccn2)cc1)N1CCO[C@@H](c2ccccc2)C1. The molecule has 0 aliphatic carbocycles. The van der Waals surface area contributed by atoms with Crippen molar-refractivity contribution in [2.24, 2.45) is 0 Å². The number of ether oxygens (including phenoxy) is 1. The van der Waals surface area contributed by atoms with E-state index in [-0.39, 0.29) is 12.0 Å². The molecule has 0 N–H and O–H groups in total. The van der Waals surface area contributed by atoms with E-state index in [1.807, 2.05) is 71.8 Å². The van der Waals surface area contributed by atoms with Crippen LogP contribution in [-0.2, 0) is 4.74 Å². The number of benzene rings is 2. The fourth-order valence-electron chi connectivity index (χ4n) is 3.06. The topological polar surface area (TPSA) is 47.4 Å². The second-order valence-corrected chi connectivity index (χ2v) is 6.02. The zero-order valence-corrected chi connectivity index (χ0v) is 13.8. The molecule has 0 spiro atoms. The highest BCUT2D eigenvalue weighted by Crippen LogP contribution is 2.23. The number of hydrogen-bond donors (Lipinski definition) is 0. The Balaban J connectivity index is 1.48. The molecule has 5 heteroatoms. The van der Waals surface area contributed by atoms with E-state index < -0.39 is 0 Å². The van der Waals surface area contributed by atoms with Crippen LogP contribution in [0.15, 0.2) is 73.1 Å². The van der Waals surface area contributed by atoms with Crippen LogP contribution in [0, 0.1) is 0 Å². The Morgan fingerprint density at radius 3 is 2.56 bits per heavy atom. The van der Waals surface area contributed by atoms with Crippen molar-refractivity contribution in [3.05, 3.63) is 84.2 Å². The van der Waals surface area contributed by atoms with Gasteiger partial charge in [0.15, 0.2) is 0 Å². The first-order valence-corrected chi connectivity index (χ1v) is 8.37. The first kappa shape index (κ1) is 15.6. The maximum atomic E-state index is 12.8. The van der Waals surface area contributed by atoms with Crippen molar-refractivity contribution >= 4 is 5.91 Å². The van der Waals surface area contributed by atoms with Gasteiger partial charge in [0.25, 0.3) is 5.91 Å². The largest absolute Gasteiger partial charge is 0.370 e. The van der Waals surface area contributed by atoms with Gasteiger partial charge in [-0.2, -0.15) is 5.10 Å². The Hall–Kier alpha value is -2.92. The summed E-state index contributed by atoms with van der Waals surface area (Å²) in [5, 5.41) is 4.20. The molecule has 1 aliphatic heterocycles. The number of carbonyl (C=O) groups excluding carboxylic acids is 1. The Kier molecular flexibility index (Phi) is 4.31. The van der Waals surface area contributed by atoms with Crippen LogP contribution in [0.2, 0.25) is 0 Å². The fourth-order valence-corrected chi connectivity index (χ4v) is 3.06. The molecule has 2 aromatic carbocycles. The molecule has 3 aromatic rings. The monoisotopic (exact) mass is 333 g/mol. The van der Waals surface area contributed by atoms with Gasteiger partial charge in [0.2, 0.25) is 0 Å². The number of nitrogens with zero attached hydrogens (tertiary/aromatic N) is 3. The van der Waals surface area contributed by atoms with Crippen molar-refractivity contribution in [2.75, 3.05) is 19.7 Å². The van der Waals surface area contributed by atoms with Crippen LogP contribution < -0.4 is 0 Å². The van der Waals surface area contributed by atoms with Crippen LogP contribution in [0.25, 0.3) is 5.69 Å². The third-order valence-electron chi connectivity index (χ3n) is 4.41. The molecule has 1 aromatic heterocycles. The predicted octanol–water partition coefficient (Wildman–Crippen LogP) is 3.09. The van der Waals surface area contributed by atoms with Crippen LogP contribution >= 0.6 is 0 Å². The van der Waals surface area contributed by atoms with Crippen LogP contribution in [0.4, 0.5) is 0 Å². The van der Waals surface area contributed by atoms with E-state index in [9.17, 15) is 4.79 Å². The Bertz CT molecular complexity index is 829. The van der Waals surface area contributed by atoms with E-state index in [4.69, 9.17) is 4.74 Å². The minimum atomic E-state index is -0.0674. The first-order chi connectivity index (χ1) is 12.3. The highest BCUT2D eigenvalue weighted by Gasteiger charge is 2.26. The highest BCUT2D eigenvalue weighted by atomic mass is 16.5. The third kappa shape index (κ3) is 3.32. The van der Waals surface area contributed by atoms with Gasteiger partial charge in [-0.3, -0.25) is 4.79 Å². The molecule has 1 amide bonds. The second-order valence-electron chi connectivity index (χ2n) is 6.02. The number of morpholine rings is 1. The summed E-state index contributed by atoms with van der Waals surface area (Å²) < 4.78 is 7.62. The van der Waals surface area contributed by atoms with E-state index in [2.05, 4.69) is 5.10 Å². The van der Waals surface area contributed by atoms with Crippen LogP contribution in [0.3, 0.4) is 0 Å². The Labute approximate surface area is 146 Å².